The average Bonchev–Trinajstić information content (AvgIpc) is 2.29. The molecule has 4 heteroatoms. The molecule has 4 nitrogen and oxygen atoms in total. The first-order valence-electron chi connectivity index (χ1n) is 5.48. The van der Waals surface area contributed by atoms with Gasteiger partial charge in [0.2, 0.25) is 0 Å². The van der Waals surface area contributed by atoms with Gasteiger partial charge >= 0.3 is 0 Å². The van der Waals surface area contributed by atoms with Gasteiger partial charge in [-0.2, -0.15) is 5.10 Å². The Labute approximate surface area is 95.9 Å². The van der Waals surface area contributed by atoms with Crippen molar-refractivity contribution in [3.8, 4) is 12.3 Å². The first-order valence-corrected chi connectivity index (χ1v) is 5.48. The number of anilines is 1. The largest absolute Gasteiger partial charge is 0.371 e. The lowest BCUT2D eigenvalue weighted by Gasteiger charge is -2.20. The van der Waals surface area contributed by atoms with Crippen molar-refractivity contribution in [2.45, 2.75) is 26.8 Å². The normalized spacial score (nSPS) is 9.81. The van der Waals surface area contributed by atoms with Crippen LogP contribution in [0.5, 0.6) is 0 Å². The van der Waals surface area contributed by atoms with Crippen LogP contribution in [0.25, 0.3) is 0 Å². The fourth-order valence-corrected chi connectivity index (χ4v) is 1.52. The predicted octanol–water partition coefficient (Wildman–Crippen LogP) is 1.11. The van der Waals surface area contributed by atoms with Gasteiger partial charge in [-0.05, 0) is 13.8 Å². The molecule has 0 N–H and O–H groups in total. The molecule has 1 aromatic heterocycles. The maximum Gasteiger partial charge on any atom is 0.268 e. The molecule has 1 aromatic rings. The van der Waals surface area contributed by atoms with Gasteiger partial charge in [-0.25, -0.2) is 4.68 Å². The summed E-state index contributed by atoms with van der Waals surface area (Å²) in [5, 5.41) is 4.10. The monoisotopic (exact) mass is 219 g/mol. The zero-order valence-electron chi connectivity index (χ0n) is 9.81. The molecule has 16 heavy (non-hydrogen) atoms. The van der Waals surface area contributed by atoms with Gasteiger partial charge in [0, 0.05) is 25.6 Å². The Hall–Kier alpha value is -1.76. The Kier molecular flexibility index (Phi) is 4.59. The zero-order valence-corrected chi connectivity index (χ0v) is 9.81. The molecule has 0 amide bonds. The fraction of sp³-hybridized carbons (Fsp3) is 0.500. The summed E-state index contributed by atoms with van der Waals surface area (Å²) >= 11 is 0. The number of rotatable bonds is 5. The molecule has 0 saturated heterocycles. The minimum Gasteiger partial charge on any atom is -0.371 e. The smallest absolute Gasteiger partial charge is 0.268 e. The number of terminal acetylenes is 1. The van der Waals surface area contributed by atoms with Crippen molar-refractivity contribution in [1.29, 1.82) is 0 Å². The van der Waals surface area contributed by atoms with E-state index in [-0.39, 0.29) is 5.56 Å². The van der Waals surface area contributed by atoms with Gasteiger partial charge in [-0.3, -0.25) is 4.79 Å². The predicted molar refractivity (Wildman–Crippen MR) is 65.5 cm³/mol. The molecule has 0 spiro atoms. The lowest BCUT2D eigenvalue weighted by Crippen LogP contribution is -2.27. The first-order chi connectivity index (χ1) is 7.72. The second-order valence-corrected chi connectivity index (χ2v) is 3.40. The minimum atomic E-state index is -0.0975. The molecule has 1 rings (SSSR count). The number of hydrogen-bond donors (Lipinski definition) is 0. The number of nitrogens with zero attached hydrogens (tertiary/aromatic N) is 3. The SMILES string of the molecule is C#CCCn1ncc(N(CC)CC)cc1=O. The molecule has 86 valence electrons. The Morgan fingerprint density at radius 1 is 1.50 bits per heavy atom. The number of aryl methyl sites for hydroxylation is 1. The first kappa shape index (κ1) is 12.3. The van der Waals surface area contributed by atoms with Gasteiger partial charge in [0.05, 0.1) is 18.4 Å². The van der Waals surface area contributed by atoms with Crippen LogP contribution >= 0.6 is 0 Å². The van der Waals surface area contributed by atoms with E-state index >= 15 is 0 Å². The summed E-state index contributed by atoms with van der Waals surface area (Å²) in [6.45, 7) is 6.31. The van der Waals surface area contributed by atoms with Gasteiger partial charge in [0.1, 0.15) is 0 Å². The maximum absolute atomic E-state index is 11.7. The summed E-state index contributed by atoms with van der Waals surface area (Å²) in [6.07, 6.45) is 7.38. The Bertz CT molecular complexity index is 427. The van der Waals surface area contributed by atoms with E-state index in [0.717, 1.165) is 18.8 Å². The van der Waals surface area contributed by atoms with Crippen LogP contribution in [0.4, 0.5) is 5.69 Å². The standard InChI is InChI=1S/C12H17N3O/c1-4-7-8-15-12(16)9-11(10-13-15)14(5-2)6-3/h1,9-10H,5-8H2,2-3H3. The Morgan fingerprint density at radius 2 is 2.19 bits per heavy atom. The van der Waals surface area contributed by atoms with Crippen LogP contribution in [0.2, 0.25) is 0 Å². The lowest BCUT2D eigenvalue weighted by molar-refractivity contribution is 0.589. The Balaban J connectivity index is 2.91. The molecule has 0 saturated carbocycles. The molecule has 0 radical (unpaired) electrons. The van der Waals surface area contributed by atoms with Crippen LogP contribution in [0.3, 0.4) is 0 Å². The summed E-state index contributed by atoms with van der Waals surface area (Å²) in [7, 11) is 0. The molecule has 0 bridgehead atoms. The molecule has 0 fully saturated rings. The maximum atomic E-state index is 11.7. The summed E-state index contributed by atoms with van der Waals surface area (Å²) in [6, 6.07) is 1.61. The highest BCUT2D eigenvalue weighted by molar-refractivity contribution is 5.42. The molecule has 0 unspecified atom stereocenters. The molecular formula is C12H17N3O. The van der Waals surface area contributed by atoms with Crippen LogP contribution < -0.4 is 10.5 Å². The number of aromatic nitrogens is 2. The summed E-state index contributed by atoms with van der Waals surface area (Å²) in [5.41, 5.74) is 0.770. The van der Waals surface area contributed by atoms with Crippen LogP contribution in [0.1, 0.15) is 20.3 Å². The van der Waals surface area contributed by atoms with Crippen molar-refractivity contribution in [2.24, 2.45) is 0 Å². The quantitative estimate of drug-likeness (QED) is 0.696. The molecule has 0 atom stereocenters. The third-order valence-corrected chi connectivity index (χ3v) is 2.45. The van der Waals surface area contributed by atoms with Gasteiger partial charge in [-0.1, -0.05) is 0 Å². The highest BCUT2D eigenvalue weighted by Crippen LogP contribution is 2.08. The summed E-state index contributed by atoms with van der Waals surface area (Å²) in [4.78, 5) is 13.8. The van der Waals surface area contributed by atoms with Gasteiger partial charge < -0.3 is 4.90 Å². The third-order valence-electron chi connectivity index (χ3n) is 2.45. The van der Waals surface area contributed by atoms with E-state index < -0.39 is 0 Å². The minimum absolute atomic E-state index is 0.0975. The van der Waals surface area contributed by atoms with Crippen molar-refractivity contribution in [2.75, 3.05) is 18.0 Å². The van der Waals surface area contributed by atoms with E-state index in [9.17, 15) is 4.79 Å². The van der Waals surface area contributed by atoms with E-state index in [4.69, 9.17) is 6.42 Å². The fourth-order valence-electron chi connectivity index (χ4n) is 1.52. The van der Waals surface area contributed by atoms with E-state index in [1.807, 2.05) is 13.8 Å². The number of hydrogen-bond acceptors (Lipinski definition) is 3. The average molecular weight is 219 g/mol. The Morgan fingerprint density at radius 3 is 2.69 bits per heavy atom. The lowest BCUT2D eigenvalue weighted by atomic mass is 10.3. The van der Waals surface area contributed by atoms with Crippen LogP contribution in [-0.4, -0.2) is 22.9 Å². The zero-order chi connectivity index (χ0) is 12.0. The second-order valence-electron chi connectivity index (χ2n) is 3.40. The van der Waals surface area contributed by atoms with Crippen LogP contribution in [0, 0.1) is 12.3 Å². The van der Waals surface area contributed by atoms with Crippen LogP contribution in [0.15, 0.2) is 17.1 Å². The second kappa shape index (κ2) is 5.96. The van der Waals surface area contributed by atoms with E-state index in [0.29, 0.717) is 13.0 Å². The van der Waals surface area contributed by atoms with Gasteiger partial charge in [-0.15, -0.1) is 12.3 Å². The van der Waals surface area contributed by atoms with Crippen LogP contribution in [-0.2, 0) is 6.54 Å². The summed E-state index contributed by atoms with van der Waals surface area (Å²) < 4.78 is 1.40. The van der Waals surface area contributed by atoms with E-state index in [1.165, 1.54) is 4.68 Å². The third kappa shape index (κ3) is 2.86. The highest BCUT2D eigenvalue weighted by Gasteiger charge is 2.04. The molecule has 1 heterocycles. The molecule has 0 aliphatic carbocycles. The highest BCUT2D eigenvalue weighted by atomic mass is 16.1. The molecule has 0 aliphatic heterocycles. The topological polar surface area (TPSA) is 38.1 Å². The van der Waals surface area contributed by atoms with Crippen molar-refractivity contribution in [3.05, 3.63) is 22.6 Å². The van der Waals surface area contributed by atoms with Crippen molar-refractivity contribution in [1.82, 2.24) is 9.78 Å². The van der Waals surface area contributed by atoms with Gasteiger partial charge in [0.15, 0.2) is 0 Å². The summed E-state index contributed by atoms with van der Waals surface area (Å²) in [5.74, 6) is 2.49. The van der Waals surface area contributed by atoms with Crippen molar-refractivity contribution >= 4 is 5.69 Å². The molecule has 0 aliphatic rings. The molecule has 0 aromatic carbocycles. The van der Waals surface area contributed by atoms with Crippen molar-refractivity contribution < 1.29 is 0 Å². The van der Waals surface area contributed by atoms with E-state index in [1.54, 1.807) is 12.3 Å². The van der Waals surface area contributed by atoms with Gasteiger partial charge in [0.25, 0.3) is 5.56 Å². The van der Waals surface area contributed by atoms with Crippen molar-refractivity contribution in [3.63, 3.8) is 0 Å². The molecular weight excluding hydrogens is 202 g/mol. The van der Waals surface area contributed by atoms with E-state index in [2.05, 4.69) is 15.9 Å².